The Bertz CT molecular complexity index is 439. The minimum absolute atomic E-state index is 0.196. The van der Waals surface area contributed by atoms with Crippen molar-refractivity contribution in [1.29, 1.82) is 0 Å². The maximum Gasteiger partial charge on any atom is 0.319 e. The van der Waals surface area contributed by atoms with Gasteiger partial charge in [0.25, 0.3) is 0 Å². The summed E-state index contributed by atoms with van der Waals surface area (Å²) < 4.78 is 0.931. The second-order valence-electron chi connectivity index (χ2n) is 5.03. The topological polar surface area (TPSA) is 61.4 Å². The van der Waals surface area contributed by atoms with E-state index in [1.807, 2.05) is 24.3 Å². The quantitative estimate of drug-likeness (QED) is 0.799. The summed E-state index contributed by atoms with van der Waals surface area (Å²) in [5.74, 6) is 0.386. The fourth-order valence-electron chi connectivity index (χ4n) is 2.43. The van der Waals surface area contributed by atoms with E-state index in [0.717, 1.165) is 35.8 Å². The molecule has 0 aromatic heterocycles. The highest BCUT2D eigenvalue weighted by molar-refractivity contribution is 9.10. The van der Waals surface area contributed by atoms with Gasteiger partial charge in [-0.1, -0.05) is 28.4 Å². The lowest BCUT2D eigenvalue weighted by molar-refractivity contribution is 0.101. The summed E-state index contributed by atoms with van der Waals surface area (Å²) in [5, 5.41) is 15.2. The molecule has 2 unspecified atom stereocenters. The molecule has 0 heterocycles. The number of carbonyl (C=O) groups is 1. The third-order valence-corrected chi connectivity index (χ3v) is 3.88. The van der Waals surface area contributed by atoms with Crippen molar-refractivity contribution < 1.29 is 9.90 Å². The summed E-state index contributed by atoms with van der Waals surface area (Å²) in [7, 11) is 0. The molecular formula is C14H19BrN2O2. The third-order valence-electron chi connectivity index (χ3n) is 3.39. The van der Waals surface area contributed by atoms with Gasteiger partial charge in [0.2, 0.25) is 0 Å². The van der Waals surface area contributed by atoms with E-state index in [4.69, 9.17) is 0 Å². The van der Waals surface area contributed by atoms with Crippen LogP contribution < -0.4 is 10.6 Å². The first-order chi connectivity index (χ1) is 9.13. The zero-order chi connectivity index (χ0) is 13.7. The van der Waals surface area contributed by atoms with Crippen LogP contribution in [0.2, 0.25) is 0 Å². The zero-order valence-corrected chi connectivity index (χ0v) is 12.3. The molecule has 3 N–H and O–H groups in total. The summed E-state index contributed by atoms with van der Waals surface area (Å²) in [6, 6.07) is 7.28. The van der Waals surface area contributed by atoms with Gasteiger partial charge in [-0.2, -0.15) is 0 Å². The van der Waals surface area contributed by atoms with Crippen molar-refractivity contribution in [2.45, 2.75) is 31.8 Å². The molecule has 4 nitrogen and oxygen atoms in total. The van der Waals surface area contributed by atoms with Gasteiger partial charge in [-0.05, 0) is 43.4 Å². The summed E-state index contributed by atoms with van der Waals surface area (Å²) in [6.45, 7) is 0.622. The molecule has 1 fully saturated rings. The molecule has 2 amide bonds. The number of aliphatic hydroxyl groups excluding tert-OH is 1. The second kappa shape index (κ2) is 6.91. The van der Waals surface area contributed by atoms with E-state index >= 15 is 0 Å². The number of hydrogen-bond donors (Lipinski definition) is 3. The van der Waals surface area contributed by atoms with Crippen molar-refractivity contribution >= 4 is 27.6 Å². The van der Waals surface area contributed by atoms with Gasteiger partial charge in [-0.25, -0.2) is 4.79 Å². The van der Waals surface area contributed by atoms with Crippen molar-refractivity contribution in [3.05, 3.63) is 28.7 Å². The largest absolute Gasteiger partial charge is 0.393 e. The molecule has 0 aliphatic heterocycles. The zero-order valence-electron chi connectivity index (χ0n) is 10.7. The molecule has 1 saturated carbocycles. The van der Waals surface area contributed by atoms with E-state index in [9.17, 15) is 9.90 Å². The van der Waals surface area contributed by atoms with Gasteiger partial charge in [-0.3, -0.25) is 0 Å². The van der Waals surface area contributed by atoms with Crippen molar-refractivity contribution in [3.8, 4) is 0 Å². The van der Waals surface area contributed by atoms with Crippen LogP contribution in [-0.4, -0.2) is 23.8 Å². The van der Waals surface area contributed by atoms with Crippen LogP contribution in [0.15, 0.2) is 28.7 Å². The molecule has 0 bridgehead atoms. The Morgan fingerprint density at radius 2 is 2.26 bits per heavy atom. The number of benzene rings is 1. The Hall–Kier alpha value is -1.07. The highest BCUT2D eigenvalue weighted by Gasteiger charge is 2.20. The molecule has 1 aliphatic rings. The molecule has 0 saturated heterocycles. The highest BCUT2D eigenvalue weighted by atomic mass is 79.9. The van der Waals surface area contributed by atoms with Gasteiger partial charge in [-0.15, -0.1) is 0 Å². The lowest BCUT2D eigenvalue weighted by atomic mass is 9.87. The predicted molar refractivity (Wildman–Crippen MR) is 79.1 cm³/mol. The van der Waals surface area contributed by atoms with Gasteiger partial charge >= 0.3 is 6.03 Å². The Labute approximate surface area is 121 Å². The first kappa shape index (κ1) is 14.3. The molecule has 0 spiro atoms. The van der Waals surface area contributed by atoms with Crippen molar-refractivity contribution in [1.82, 2.24) is 5.32 Å². The fraction of sp³-hybridized carbons (Fsp3) is 0.500. The molecule has 19 heavy (non-hydrogen) atoms. The minimum Gasteiger partial charge on any atom is -0.393 e. The van der Waals surface area contributed by atoms with E-state index in [0.29, 0.717) is 12.5 Å². The first-order valence-corrected chi connectivity index (χ1v) is 7.41. The monoisotopic (exact) mass is 326 g/mol. The maximum absolute atomic E-state index is 11.7. The number of anilines is 1. The van der Waals surface area contributed by atoms with Gasteiger partial charge < -0.3 is 15.7 Å². The average molecular weight is 327 g/mol. The molecule has 2 atom stereocenters. The van der Waals surface area contributed by atoms with Crippen LogP contribution in [0.1, 0.15) is 25.7 Å². The summed E-state index contributed by atoms with van der Waals surface area (Å²) in [4.78, 5) is 11.7. The number of carbonyl (C=O) groups excluding carboxylic acids is 1. The maximum atomic E-state index is 11.7. The van der Waals surface area contributed by atoms with Crippen LogP contribution in [0.5, 0.6) is 0 Å². The smallest absolute Gasteiger partial charge is 0.319 e. The van der Waals surface area contributed by atoms with Crippen LogP contribution in [-0.2, 0) is 0 Å². The molecule has 1 aromatic rings. The minimum atomic E-state index is -0.200. The van der Waals surface area contributed by atoms with Crippen LogP contribution in [0.3, 0.4) is 0 Å². The van der Waals surface area contributed by atoms with E-state index in [1.54, 1.807) is 0 Å². The van der Waals surface area contributed by atoms with Crippen LogP contribution in [0, 0.1) is 5.92 Å². The summed E-state index contributed by atoms with van der Waals surface area (Å²) in [5.41, 5.74) is 0.760. The third kappa shape index (κ3) is 4.84. The van der Waals surface area contributed by atoms with Gasteiger partial charge in [0.1, 0.15) is 0 Å². The summed E-state index contributed by atoms with van der Waals surface area (Å²) >= 11 is 3.36. The number of urea groups is 1. The Morgan fingerprint density at radius 1 is 1.42 bits per heavy atom. The average Bonchev–Trinajstić information content (AvgIpc) is 2.36. The number of nitrogens with one attached hydrogen (secondary N) is 2. The molecule has 5 heteroatoms. The van der Waals surface area contributed by atoms with Crippen molar-refractivity contribution in [2.75, 3.05) is 11.9 Å². The SMILES string of the molecule is O=C(NCC1CCCC(O)C1)Nc1cccc(Br)c1. The Morgan fingerprint density at radius 3 is 3.00 bits per heavy atom. The Kier molecular flexibility index (Phi) is 5.22. The Balaban J connectivity index is 1.75. The van der Waals surface area contributed by atoms with Crippen molar-refractivity contribution in [2.24, 2.45) is 5.92 Å². The molecule has 1 aromatic carbocycles. The van der Waals surface area contributed by atoms with E-state index < -0.39 is 0 Å². The number of aliphatic hydroxyl groups is 1. The lowest BCUT2D eigenvalue weighted by Crippen LogP contribution is -2.35. The standard InChI is InChI=1S/C14H19BrN2O2/c15-11-4-2-5-12(8-11)17-14(19)16-9-10-3-1-6-13(18)7-10/h2,4-5,8,10,13,18H,1,3,6-7,9H2,(H2,16,17,19). The first-order valence-electron chi connectivity index (χ1n) is 6.62. The van der Waals surface area contributed by atoms with E-state index in [-0.39, 0.29) is 12.1 Å². The molecule has 1 aliphatic carbocycles. The van der Waals surface area contributed by atoms with E-state index in [1.165, 1.54) is 0 Å². The van der Waals surface area contributed by atoms with Gasteiger partial charge in [0.15, 0.2) is 0 Å². The van der Waals surface area contributed by atoms with Gasteiger partial charge in [0, 0.05) is 16.7 Å². The number of rotatable bonds is 3. The fourth-order valence-corrected chi connectivity index (χ4v) is 2.83. The van der Waals surface area contributed by atoms with Crippen LogP contribution in [0.4, 0.5) is 10.5 Å². The van der Waals surface area contributed by atoms with Crippen LogP contribution in [0.25, 0.3) is 0 Å². The second-order valence-corrected chi connectivity index (χ2v) is 5.95. The number of halogens is 1. The molecule has 104 valence electrons. The number of hydrogen-bond acceptors (Lipinski definition) is 2. The van der Waals surface area contributed by atoms with Crippen LogP contribution >= 0.6 is 15.9 Å². The van der Waals surface area contributed by atoms with Crippen molar-refractivity contribution in [3.63, 3.8) is 0 Å². The summed E-state index contributed by atoms with van der Waals surface area (Å²) in [6.07, 6.45) is 3.60. The number of amides is 2. The molecular weight excluding hydrogens is 308 g/mol. The molecule has 2 rings (SSSR count). The normalized spacial score (nSPS) is 22.8. The van der Waals surface area contributed by atoms with Gasteiger partial charge in [0.05, 0.1) is 6.10 Å². The predicted octanol–water partition coefficient (Wildman–Crippen LogP) is 3.12. The lowest BCUT2D eigenvalue weighted by Gasteiger charge is -2.25. The highest BCUT2D eigenvalue weighted by Crippen LogP contribution is 2.23. The molecule has 0 radical (unpaired) electrons. The van der Waals surface area contributed by atoms with E-state index in [2.05, 4.69) is 26.6 Å².